The van der Waals surface area contributed by atoms with E-state index >= 15 is 0 Å². The first-order chi connectivity index (χ1) is 13.5. The topological polar surface area (TPSA) is 107 Å². The molecule has 1 heterocycles. The van der Waals surface area contributed by atoms with Gasteiger partial charge >= 0.3 is 5.69 Å². The number of amides is 1. The summed E-state index contributed by atoms with van der Waals surface area (Å²) in [6.07, 6.45) is 1.29. The van der Waals surface area contributed by atoms with E-state index in [1.54, 1.807) is 24.3 Å². The lowest BCUT2D eigenvalue weighted by molar-refractivity contribution is -0.386. The Kier molecular flexibility index (Phi) is 5.75. The Labute approximate surface area is 158 Å². The van der Waals surface area contributed by atoms with Crippen molar-refractivity contribution in [3.8, 4) is 5.75 Å². The highest BCUT2D eigenvalue weighted by molar-refractivity contribution is 5.94. The number of halogens is 1. The van der Waals surface area contributed by atoms with Crippen LogP contribution in [0, 0.1) is 15.9 Å². The highest BCUT2D eigenvalue weighted by atomic mass is 19.1. The van der Waals surface area contributed by atoms with Crippen molar-refractivity contribution < 1.29 is 23.3 Å². The molecule has 3 rings (SSSR count). The molecule has 0 radical (unpaired) electrons. The number of hydrogen-bond acceptors (Lipinski definition) is 6. The van der Waals surface area contributed by atoms with Gasteiger partial charge in [-0.05, 0) is 42.5 Å². The van der Waals surface area contributed by atoms with Crippen LogP contribution in [0.25, 0.3) is 0 Å². The molecule has 0 unspecified atom stereocenters. The molecule has 0 saturated carbocycles. The first-order valence-electron chi connectivity index (χ1n) is 8.07. The molecule has 28 heavy (non-hydrogen) atoms. The van der Waals surface area contributed by atoms with Crippen LogP contribution in [0.2, 0.25) is 0 Å². The van der Waals surface area contributed by atoms with Gasteiger partial charge in [-0.1, -0.05) is 12.1 Å². The number of para-hydroxylation sites is 2. The maximum Gasteiger partial charge on any atom is 0.310 e. The SMILES string of the molecule is O=C(N/N=C\c1ccc(COc2ccccc2[N+](=O)[O-])o1)c1ccc(F)cc1. The van der Waals surface area contributed by atoms with Crippen LogP contribution in [0.4, 0.5) is 10.1 Å². The Bertz CT molecular complexity index is 1010. The largest absolute Gasteiger partial charge is 0.479 e. The van der Waals surface area contributed by atoms with E-state index in [0.29, 0.717) is 11.5 Å². The number of carbonyl (C=O) groups is 1. The van der Waals surface area contributed by atoms with Gasteiger partial charge in [0.2, 0.25) is 0 Å². The summed E-state index contributed by atoms with van der Waals surface area (Å²) < 4.78 is 23.7. The summed E-state index contributed by atoms with van der Waals surface area (Å²) in [4.78, 5) is 22.3. The third-order valence-corrected chi connectivity index (χ3v) is 3.58. The Hall–Kier alpha value is -4.01. The maximum atomic E-state index is 12.8. The predicted octanol–water partition coefficient (Wildman–Crippen LogP) is 3.67. The normalized spacial score (nSPS) is 10.8. The zero-order valence-electron chi connectivity index (χ0n) is 14.4. The van der Waals surface area contributed by atoms with Gasteiger partial charge in [-0.3, -0.25) is 14.9 Å². The molecule has 0 fully saturated rings. The average Bonchev–Trinajstić information content (AvgIpc) is 3.14. The number of rotatable bonds is 7. The zero-order valence-corrected chi connectivity index (χ0v) is 14.4. The van der Waals surface area contributed by atoms with Gasteiger partial charge in [-0.15, -0.1) is 0 Å². The second-order valence-corrected chi connectivity index (χ2v) is 5.52. The number of ether oxygens (including phenoxy) is 1. The summed E-state index contributed by atoms with van der Waals surface area (Å²) in [7, 11) is 0. The minimum absolute atomic E-state index is 0.0133. The maximum absolute atomic E-state index is 12.8. The van der Waals surface area contributed by atoms with Crippen LogP contribution in [0.15, 0.2) is 70.2 Å². The van der Waals surface area contributed by atoms with Crippen LogP contribution < -0.4 is 10.2 Å². The number of benzene rings is 2. The number of nitro benzene ring substituents is 1. The van der Waals surface area contributed by atoms with E-state index in [4.69, 9.17) is 9.15 Å². The van der Waals surface area contributed by atoms with E-state index in [0.717, 1.165) is 0 Å². The van der Waals surface area contributed by atoms with Crippen LogP contribution in [0.3, 0.4) is 0 Å². The van der Waals surface area contributed by atoms with Crippen molar-refractivity contribution in [3.05, 3.63) is 93.7 Å². The van der Waals surface area contributed by atoms with Crippen LogP contribution in [-0.2, 0) is 6.61 Å². The Morgan fingerprint density at radius 3 is 2.68 bits per heavy atom. The fourth-order valence-corrected chi connectivity index (χ4v) is 2.24. The molecule has 0 atom stereocenters. The number of nitro groups is 1. The van der Waals surface area contributed by atoms with Crippen molar-refractivity contribution in [1.29, 1.82) is 0 Å². The van der Waals surface area contributed by atoms with Crippen LogP contribution in [0.5, 0.6) is 5.75 Å². The fourth-order valence-electron chi connectivity index (χ4n) is 2.24. The van der Waals surface area contributed by atoms with Gasteiger partial charge in [0.15, 0.2) is 5.75 Å². The molecule has 0 aliphatic rings. The first-order valence-corrected chi connectivity index (χ1v) is 8.07. The van der Waals surface area contributed by atoms with Crippen LogP contribution in [0.1, 0.15) is 21.9 Å². The van der Waals surface area contributed by atoms with Crippen molar-refractivity contribution in [2.45, 2.75) is 6.61 Å². The van der Waals surface area contributed by atoms with E-state index < -0.39 is 16.6 Å². The van der Waals surface area contributed by atoms with E-state index in [1.165, 1.54) is 42.6 Å². The number of carbonyl (C=O) groups excluding carboxylic acids is 1. The smallest absolute Gasteiger partial charge is 0.310 e. The molecule has 3 aromatic rings. The van der Waals surface area contributed by atoms with Gasteiger partial charge in [-0.25, -0.2) is 9.82 Å². The monoisotopic (exact) mass is 383 g/mol. The Morgan fingerprint density at radius 2 is 1.93 bits per heavy atom. The molecule has 1 amide bonds. The van der Waals surface area contributed by atoms with Crippen molar-refractivity contribution in [2.75, 3.05) is 0 Å². The minimum Gasteiger partial charge on any atom is -0.479 e. The summed E-state index contributed by atoms with van der Waals surface area (Å²) >= 11 is 0. The fraction of sp³-hybridized carbons (Fsp3) is 0.0526. The second-order valence-electron chi connectivity index (χ2n) is 5.52. The quantitative estimate of drug-likeness (QED) is 0.381. The number of nitrogens with zero attached hydrogens (tertiary/aromatic N) is 2. The number of hydrogen-bond donors (Lipinski definition) is 1. The highest BCUT2D eigenvalue weighted by Gasteiger charge is 2.14. The van der Waals surface area contributed by atoms with E-state index in [2.05, 4.69) is 10.5 Å². The van der Waals surface area contributed by atoms with Crippen LogP contribution >= 0.6 is 0 Å². The molecule has 9 heteroatoms. The molecule has 0 bridgehead atoms. The molecule has 1 N–H and O–H groups in total. The van der Waals surface area contributed by atoms with Crippen molar-refractivity contribution in [2.24, 2.45) is 5.10 Å². The predicted molar refractivity (Wildman–Crippen MR) is 97.6 cm³/mol. The molecular formula is C19H14FN3O5. The molecule has 8 nitrogen and oxygen atoms in total. The summed E-state index contributed by atoms with van der Waals surface area (Å²) in [5.41, 5.74) is 2.42. The van der Waals surface area contributed by atoms with Gasteiger partial charge in [0.1, 0.15) is 23.9 Å². The van der Waals surface area contributed by atoms with Crippen LogP contribution in [-0.4, -0.2) is 17.0 Å². The van der Waals surface area contributed by atoms with Gasteiger partial charge in [0.25, 0.3) is 5.91 Å². The molecule has 0 aliphatic heterocycles. The number of nitrogens with one attached hydrogen (secondary N) is 1. The number of furan rings is 1. The van der Waals surface area contributed by atoms with E-state index in [1.807, 2.05) is 0 Å². The summed E-state index contributed by atoms with van der Waals surface area (Å²) in [5.74, 6) is -0.0373. The summed E-state index contributed by atoms with van der Waals surface area (Å²) in [6.45, 7) is -0.0133. The second kappa shape index (κ2) is 8.58. The third-order valence-electron chi connectivity index (χ3n) is 3.58. The number of hydrazone groups is 1. The molecule has 0 aliphatic carbocycles. The molecule has 1 aromatic heterocycles. The standard InChI is InChI=1S/C19H14FN3O5/c20-14-7-5-13(6-8-14)19(24)22-21-11-15-9-10-16(28-15)12-27-18-4-2-1-3-17(18)23(25)26/h1-11H,12H2,(H,22,24)/b21-11-. The van der Waals surface area contributed by atoms with Crippen molar-refractivity contribution in [3.63, 3.8) is 0 Å². The third kappa shape index (κ3) is 4.79. The van der Waals surface area contributed by atoms with Gasteiger partial charge in [-0.2, -0.15) is 5.10 Å². The minimum atomic E-state index is -0.528. The van der Waals surface area contributed by atoms with Crippen molar-refractivity contribution >= 4 is 17.8 Å². The molecule has 0 spiro atoms. The summed E-state index contributed by atoms with van der Waals surface area (Å²) in [6, 6.07) is 14.3. The van der Waals surface area contributed by atoms with Gasteiger partial charge in [0, 0.05) is 11.6 Å². The Balaban J connectivity index is 1.55. The zero-order chi connectivity index (χ0) is 19.9. The van der Waals surface area contributed by atoms with Crippen molar-refractivity contribution in [1.82, 2.24) is 5.43 Å². The average molecular weight is 383 g/mol. The summed E-state index contributed by atoms with van der Waals surface area (Å²) in [5, 5.41) is 14.7. The molecular weight excluding hydrogens is 369 g/mol. The molecule has 142 valence electrons. The van der Waals surface area contributed by atoms with E-state index in [-0.39, 0.29) is 23.6 Å². The first kappa shape index (κ1) is 18.8. The lowest BCUT2D eigenvalue weighted by Gasteiger charge is -2.04. The molecule has 2 aromatic carbocycles. The van der Waals surface area contributed by atoms with E-state index in [9.17, 15) is 19.3 Å². The highest BCUT2D eigenvalue weighted by Crippen LogP contribution is 2.26. The van der Waals surface area contributed by atoms with Gasteiger partial charge < -0.3 is 9.15 Å². The lowest BCUT2D eigenvalue weighted by atomic mass is 10.2. The van der Waals surface area contributed by atoms with Gasteiger partial charge in [0.05, 0.1) is 11.1 Å². The molecule has 0 saturated heterocycles. The Morgan fingerprint density at radius 1 is 1.18 bits per heavy atom. The lowest BCUT2D eigenvalue weighted by Crippen LogP contribution is -2.17.